The topological polar surface area (TPSA) is 75.7 Å². The minimum Gasteiger partial charge on any atom is -0.495 e. The van der Waals surface area contributed by atoms with Crippen molar-refractivity contribution in [2.24, 2.45) is 0 Å². The first-order valence-corrected chi connectivity index (χ1v) is 12.4. The van der Waals surface area contributed by atoms with Gasteiger partial charge in [-0.15, -0.1) is 0 Å². The fraction of sp³-hybridized carbons (Fsp3) is 0.458. The molecule has 2 aliphatic rings. The van der Waals surface area contributed by atoms with Crippen molar-refractivity contribution >= 4 is 15.9 Å². The van der Waals surface area contributed by atoms with Gasteiger partial charge in [-0.25, -0.2) is 8.42 Å². The zero-order valence-corrected chi connectivity index (χ0v) is 19.0. The molecule has 0 spiro atoms. The first-order chi connectivity index (χ1) is 14.9. The van der Waals surface area contributed by atoms with Crippen LogP contribution in [0.1, 0.15) is 66.6 Å². The van der Waals surface area contributed by atoms with Crippen molar-refractivity contribution in [1.29, 1.82) is 0 Å². The van der Waals surface area contributed by atoms with Crippen LogP contribution in [0.2, 0.25) is 0 Å². The van der Waals surface area contributed by atoms with E-state index in [1.165, 1.54) is 23.0 Å². The molecule has 2 atom stereocenters. The number of hydrogen-bond acceptors (Lipinski definition) is 4. The van der Waals surface area contributed by atoms with E-state index in [1.54, 1.807) is 12.1 Å². The van der Waals surface area contributed by atoms with Gasteiger partial charge in [-0.3, -0.25) is 4.79 Å². The number of aryl methyl sites for hydroxylation is 1. The minimum atomic E-state index is -3.76. The summed E-state index contributed by atoms with van der Waals surface area (Å²) in [6, 6.07) is 12.7. The molecule has 0 aromatic heterocycles. The van der Waals surface area contributed by atoms with Crippen LogP contribution in [-0.2, 0) is 16.4 Å². The summed E-state index contributed by atoms with van der Waals surface area (Å²) in [6.45, 7) is 2.42. The van der Waals surface area contributed by atoms with Crippen LogP contribution >= 0.6 is 0 Å². The molecule has 31 heavy (non-hydrogen) atoms. The van der Waals surface area contributed by atoms with Gasteiger partial charge in [0.1, 0.15) is 10.6 Å². The second kappa shape index (κ2) is 9.01. The lowest BCUT2D eigenvalue weighted by atomic mass is 9.87. The Morgan fingerprint density at radius 1 is 1.10 bits per heavy atom. The lowest BCUT2D eigenvalue weighted by molar-refractivity contribution is 0.0932. The Kier molecular flexibility index (Phi) is 6.34. The second-order valence-electron chi connectivity index (χ2n) is 8.44. The van der Waals surface area contributed by atoms with Gasteiger partial charge >= 0.3 is 0 Å². The molecule has 2 unspecified atom stereocenters. The molecule has 1 aliphatic heterocycles. The number of benzene rings is 2. The predicted octanol–water partition coefficient (Wildman–Crippen LogP) is 4.07. The first kappa shape index (κ1) is 21.8. The number of hydrogen-bond donors (Lipinski definition) is 1. The van der Waals surface area contributed by atoms with E-state index in [0.29, 0.717) is 12.1 Å². The highest BCUT2D eigenvalue weighted by molar-refractivity contribution is 7.89. The molecule has 2 aromatic rings. The van der Waals surface area contributed by atoms with E-state index in [0.717, 1.165) is 44.1 Å². The van der Waals surface area contributed by atoms with E-state index in [4.69, 9.17) is 4.74 Å². The molecular weight excluding hydrogens is 412 g/mol. The summed E-state index contributed by atoms with van der Waals surface area (Å²) in [5.41, 5.74) is 2.73. The number of fused-ring (bicyclic) bond motifs is 1. The number of rotatable bonds is 5. The molecule has 6 nitrogen and oxygen atoms in total. The van der Waals surface area contributed by atoms with Crippen molar-refractivity contribution in [2.75, 3.05) is 13.7 Å². The van der Waals surface area contributed by atoms with E-state index in [-0.39, 0.29) is 28.6 Å². The normalized spacial score (nSPS) is 21.9. The van der Waals surface area contributed by atoms with Gasteiger partial charge < -0.3 is 10.1 Å². The predicted molar refractivity (Wildman–Crippen MR) is 120 cm³/mol. The third-order valence-corrected chi connectivity index (χ3v) is 8.46. The van der Waals surface area contributed by atoms with E-state index in [2.05, 4.69) is 17.4 Å². The van der Waals surface area contributed by atoms with Crippen LogP contribution in [0, 0.1) is 0 Å². The fourth-order valence-corrected chi connectivity index (χ4v) is 6.60. The minimum absolute atomic E-state index is 0.0560. The van der Waals surface area contributed by atoms with Crippen molar-refractivity contribution in [1.82, 2.24) is 9.62 Å². The molecule has 1 N–H and O–H groups in total. The largest absolute Gasteiger partial charge is 0.495 e. The number of sulfonamides is 1. The molecule has 166 valence electrons. The molecule has 1 saturated heterocycles. The van der Waals surface area contributed by atoms with Crippen molar-refractivity contribution in [3.05, 3.63) is 59.2 Å². The molecule has 0 bridgehead atoms. The van der Waals surface area contributed by atoms with Crippen LogP contribution in [0.3, 0.4) is 0 Å². The number of piperidine rings is 1. The Labute approximate surface area is 184 Å². The van der Waals surface area contributed by atoms with E-state index >= 15 is 0 Å². The zero-order valence-electron chi connectivity index (χ0n) is 18.1. The summed E-state index contributed by atoms with van der Waals surface area (Å²) in [5.74, 6) is -0.00941. The average Bonchev–Trinajstić information content (AvgIpc) is 2.79. The summed E-state index contributed by atoms with van der Waals surface area (Å²) in [7, 11) is -2.31. The molecule has 1 heterocycles. The summed E-state index contributed by atoms with van der Waals surface area (Å²) < 4.78 is 33.7. The third kappa shape index (κ3) is 4.34. The Hall–Kier alpha value is -2.38. The number of nitrogens with zero attached hydrogens (tertiary/aromatic N) is 1. The van der Waals surface area contributed by atoms with Crippen molar-refractivity contribution < 1.29 is 17.9 Å². The molecular formula is C24H30N2O4S. The van der Waals surface area contributed by atoms with Crippen molar-refractivity contribution in [2.45, 2.75) is 62.4 Å². The van der Waals surface area contributed by atoms with Crippen molar-refractivity contribution in [3.63, 3.8) is 0 Å². The van der Waals surface area contributed by atoms with Crippen LogP contribution in [0.4, 0.5) is 0 Å². The SMILES string of the molecule is COc1ccc(C(=O)NC2CCCc3ccccc32)cc1S(=O)(=O)N1CCCCC1C. The van der Waals surface area contributed by atoms with Crippen LogP contribution in [0.15, 0.2) is 47.4 Å². The highest BCUT2D eigenvalue weighted by atomic mass is 32.2. The maximum atomic E-state index is 13.4. The molecule has 1 aliphatic carbocycles. The molecule has 4 rings (SSSR count). The maximum absolute atomic E-state index is 13.4. The Balaban J connectivity index is 1.63. The van der Waals surface area contributed by atoms with E-state index < -0.39 is 10.0 Å². The Bertz CT molecular complexity index is 1070. The van der Waals surface area contributed by atoms with Gasteiger partial charge in [0.05, 0.1) is 13.2 Å². The molecule has 2 aromatic carbocycles. The molecule has 0 radical (unpaired) electrons. The van der Waals surface area contributed by atoms with Gasteiger partial charge in [0.2, 0.25) is 10.0 Å². The first-order valence-electron chi connectivity index (χ1n) is 11.0. The van der Waals surface area contributed by atoms with Crippen LogP contribution in [0.25, 0.3) is 0 Å². The molecule has 7 heteroatoms. The quantitative estimate of drug-likeness (QED) is 0.758. The number of methoxy groups -OCH3 is 1. The summed E-state index contributed by atoms with van der Waals surface area (Å²) >= 11 is 0. The van der Waals surface area contributed by atoms with Gasteiger partial charge in [0, 0.05) is 18.2 Å². The summed E-state index contributed by atoms with van der Waals surface area (Å²) in [6.07, 6.45) is 5.60. The van der Waals surface area contributed by atoms with Gasteiger partial charge in [-0.05, 0) is 68.4 Å². The zero-order chi connectivity index (χ0) is 22.0. The van der Waals surface area contributed by atoms with Gasteiger partial charge in [-0.1, -0.05) is 30.7 Å². The second-order valence-corrected chi connectivity index (χ2v) is 10.3. The fourth-order valence-electron chi connectivity index (χ4n) is 4.72. The van der Waals surface area contributed by atoms with Gasteiger partial charge in [0.25, 0.3) is 5.91 Å². The van der Waals surface area contributed by atoms with Gasteiger partial charge in [-0.2, -0.15) is 4.31 Å². The maximum Gasteiger partial charge on any atom is 0.251 e. The lowest BCUT2D eigenvalue weighted by Gasteiger charge is -2.32. The third-order valence-electron chi connectivity index (χ3n) is 6.43. The van der Waals surface area contributed by atoms with Crippen LogP contribution in [0.5, 0.6) is 5.75 Å². The number of amides is 1. The van der Waals surface area contributed by atoms with Crippen LogP contribution < -0.4 is 10.1 Å². The lowest BCUT2D eigenvalue weighted by Crippen LogP contribution is -2.42. The summed E-state index contributed by atoms with van der Waals surface area (Å²) in [5, 5.41) is 3.11. The van der Waals surface area contributed by atoms with Crippen molar-refractivity contribution in [3.8, 4) is 5.75 Å². The number of carbonyl (C=O) groups is 1. The smallest absolute Gasteiger partial charge is 0.251 e. The molecule has 0 saturated carbocycles. The average molecular weight is 443 g/mol. The summed E-state index contributed by atoms with van der Waals surface area (Å²) in [4.78, 5) is 13.1. The van der Waals surface area contributed by atoms with E-state index in [1.807, 2.05) is 19.1 Å². The van der Waals surface area contributed by atoms with Gasteiger partial charge in [0.15, 0.2) is 0 Å². The van der Waals surface area contributed by atoms with E-state index in [9.17, 15) is 13.2 Å². The highest BCUT2D eigenvalue weighted by Crippen LogP contribution is 2.33. The number of ether oxygens (including phenoxy) is 1. The van der Waals surface area contributed by atoms with Crippen LogP contribution in [-0.4, -0.2) is 38.3 Å². The highest BCUT2D eigenvalue weighted by Gasteiger charge is 2.34. The number of carbonyl (C=O) groups excluding carboxylic acids is 1. The Morgan fingerprint density at radius 2 is 1.90 bits per heavy atom. The Morgan fingerprint density at radius 3 is 2.68 bits per heavy atom. The number of nitrogens with one attached hydrogen (secondary N) is 1. The monoisotopic (exact) mass is 442 g/mol. The standard InChI is InChI=1S/C24H30N2O4S/c1-17-8-5-6-15-26(17)31(28,29)23-16-19(13-14-22(23)30-2)24(27)25-21-12-7-10-18-9-3-4-11-20(18)21/h3-4,9,11,13-14,16-17,21H,5-8,10,12,15H2,1-2H3,(H,25,27). The molecule has 1 amide bonds. The molecule has 1 fully saturated rings.